The van der Waals surface area contributed by atoms with Crippen molar-refractivity contribution >= 4 is 16.8 Å². The highest BCUT2D eigenvalue weighted by atomic mass is 16.5. The average molecular weight is 270 g/mol. The van der Waals surface area contributed by atoms with Gasteiger partial charge in [0.1, 0.15) is 0 Å². The maximum Gasteiger partial charge on any atom is 0.258 e. The number of fused-ring (bicyclic) bond motifs is 1. The van der Waals surface area contributed by atoms with Gasteiger partial charge in [0.25, 0.3) is 5.91 Å². The van der Waals surface area contributed by atoms with Crippen molar-refractivity contribution in [3.05, 3.63) is 36.0 Å². The number of rotatable bonds is 2. The fourth-order valence-corrected chi connectivity index (χ4v) is 2.75. The monoisotopic (exact) mass is 270 g/mol. The second kappa shape index (κ2) is 5.49. The van der Waals surface area contributed by atoms with Crippen molar-refractivity contribution in [2.75, 3.05) is 20.2 Å². The molecule has 0 bridgehead atoms. The van der Waals surface area contributed by atoms with Gasteiger partial charge in [0.05, 0.1) is 24.4 Å². The van der Waals surface area contributed by atoms with Gasteiger partial charge in [-0.25, -0.2) is 0 Å². The van der Waals surface area contributed by atoms with Gasteiger partial charge >= 0.3 is 0 Å². The number of aromatic nitrogens is 1. The van der Waals surface area contributed by atoms with Crippen molar-refractivity contribution in [2.45, 2.75) is 19.3 Å². The van der Waals surface area contributed by atoms with Gasteiger partial charge in [0.2, 0.25) is 0 Å². The van der Waals surface area contributed by atoms with Gasteiger partial charge in [-0.15, -0.1) is 0 Å². The van der Waals surface area contributed by atoms with Gasteiger partial charge in [-0.1, -0.05) is 18.2 Å². The van der Waals surface area contributed by atoms with Gasteiger partial charge in [-0.3, -0.25) is 9.78 Å². The molecule has 0 aliphatic carbocycles. The Hall–Kier alpha value is -2.10. The summed E-state index contributed by atoms with van der Waals surface area (Å²) >= 11 is 0. The third-order valence-corrected chi connectivity index (χ3v) is 3.82. The summed E-state index contributed by atoms with van der Waals surface area (Å²) in [5.74, 6) is 0.611. The van der Waals surface area contributed by atoms with Crippen LogP contribution in [0.1, 0.15) is 29.6 Å². The molecule has 0 saturated carbocycles. The minimum Gasteiger partial charge on any atom is -0.494 e. The first-order chi connectivity index (χ1) is 9.81. The van der Waals surface area contributed by atoms with Crippen molar-refractivity contribution in [1.82, 2.24) is 9.88 Å². The summed E-state index contributed by atoms with van der Waals surface area (Å²) in [4.78, 5) is 19.1. The van der Waals surface area contributed by atoms with E-state index < -0.39 is 0 Å². The lowest BCUT2D eigenvalue weighted by Crippen LogP contribution is -2.35. The summed E-state index contributed by atoms with van der Waals surface area (Å²) in [7, 11) is 1.58. The highest BCUT2D eigenvalue weighted by Gasteiger charge is 2.23. The third kappa shape index (κ3) is 2.22. The summed E-state index contributed by atoms with van der Waals surface area (Å²) < 4.78 is 5.36. The first-order valence-electron chi connectivity index (χ1n) is 7.02. The Balaban J connectivity index is 2.10. The molecular formula is C16H18N2O2. The van der Waals surface area contributed by atoms with Crippen LogP contribution in [0.4, 0.5) is 0 Å². The van der Waals surface area contributed by atoms with E-state index in [1.54, 1.807) is 13.3 Å². The van der Waals surface area contributed by atoms with Gasteiger partial charge in [-0.05, 0) is 25.3 Å². The number of nitrogens with zero attached hydrogens (tertiary/aromatic N) is 2. The van der Waals surface area contributed by atoms with Gasteiger partial charge in [-0.2, -0.15) is 0 Å². The summed E-state index contributed by atoms with van der Waals surface area (Å²) in [5, 5.41) is 0.863. The molecule has 4 heteroatoms. The van der Waals surface area contributed by atoms with Crippen molar-refractivity contribution in [3.63, 3.8) is 0 Å². The van der Waals surface area contributed by atoms with E-state index in [-0.39, 0.29) is 5.91 Å². The molecular weight excluding hydrogens is 252 g/mol. The highest BCUT2D eigenvalue weighted by molar-refractivity contribution is 6.08. The Kier molecular flexibility index (Phi) is 3.54. The quantitative estimate of drug-likeness (QED) is 0.842. The lowest BCUT2D eigenvalue weighted by atomic mass is 10.0. The Morgan fingerprint density at radius 2 is 1.95 bits per heavy atom. The number of hydrogen-bond acceptors (Lipinski definition) is 3. The van der Waals surface area contributed by atoms with E-state index >= 15 is 0 Å². The van der Waals surface area contributed by atoms with Crippen LogP contribution in [0.25, 0.3) is 10.9 Å². The summed E-state index contributed by atoms with van der Waals surface area (Å²) in [6.45, 7) is 1.66. The molecule has 1 aromatic carbocycles. The van der Waals surface area contributed by atoms with Gasteiger partial charge in [0, 0.05) is 18.5 Å². The smallest absolute Gasteiger partial charge is 0.258 e. The number of hydrogen-bond donors (Lipinski definition) is 0. The fraction of sp³-hybridized carbons (Fsp3) is 0.375. The molecule has 0 atom stereocenters. The van der Waals surface area contributed by atoms with E-state index in [0.717, 1.165) is 36.8 Å². The van der Waals surface area contributed by atoms with Crippen LogP contribution < -0.4 is 4.74 Å². The first kappa shape index (κ1) is 12.9. The predicted octanol–water partition coefficient (Wildman–Crippen LogP) is 2.87. The number of amides is 1. The number of pyridine rings is 1. The van der Waals surface area contributed by atoms with E-state index in [9.17, 15) is 4.79 Å². The minimum atomic E-state index is 0.0557. The number of carbonyl (C=O) groups excluding carboxylic acids is 1. The van der Waals surface area contributed by atoms with Crippen LogP contribution in [0.3, 0.4) is 0 Å². The van der Waals surface area contributed by atoms with Crippen LogP contribution in [0.5, 0.6) is 5.75 Å². The third-order valence-electron chi connectivity index (χ3n) is 3.82. The fourth-order valence-electron chi connectivity index (χ4n) is 2.75. The maximum atomic E-state index is 12.8. The second-order valence-electron chi connectivity index (χ2n) is 5.07. The number of ether oxygens (including phenoxy) is 1. The van der Waals surface area contributed by atoms with Crippen LogP contribution in [0.2, 0.25) is 0 Å². The van der Waals surface area contributed by atoms with Crippen molar-refractivity contribution in [3.8, 4) is 5.75 Å². The number of piperidine rings is 1. The molecule has 1 aliphatic rings. The van der Waals surface area contributed by atoms with E-state index in [1.165, 1.54) is 6.42 Å². The van der Waals surface area contributed by atoms with Crippen LogP contribution in [0.15, 0.2) is 30.5 Å². The zero-order chi connectivity index (χ0) is 13.9. The minimum absolute atomic E-state index is 0.0557. The predicted molar refractivity (Wildman–Crippen MR) is 78.0 cm³/mol. The van der Waals surface area contributed by atoms with Crippen LogP contribution in [-0.4, -0.2) is 36.0 Å². The Morgan fingerprint density at radius 1 is 1.20 bits per heavy atom. The number of benzene rings is 1. The molecule has 2 aromatic rings. The number of methoxy groups -OCH3 is 1. The Labute approximate surface area is 118 Å². The summed E-state index contributed by atoms with van der Waals surface area (Å²) in [6, 6.07) is 7.71. The normalized spacial score (nSPS) is 15.3. The van der Waals surface area contributed by atoms with Gasteiger partial charge in [0.15, 0.2) is 5.75 Å². The zero-order valence-electron chi connectivity index (χ0n) is 11.6. The molecule has 104 valence electrons. The molecule has 0 radical (unpaired) electrons. The number of para-hydroxylation sites is 1. The topological polar surface area (TPSA) is 42.4 Å². The molecule has 1 aliphatic heterocycles. The Morgan fingerprint density at radius 3 is 2.70 bits per heavy atom. The average Bonchev–Trinajstić information content (AvgIpc) is 2.54. The van der Waals surface area contributed by atoms with E-state index in [1.807, 2.05) is 29.2 Å². The molecule has 1 saturated heterocycles. The van der Waals surface area contributed by atoms with Crippen molar-refractivity contribution < 1.29 is 9.53 Å². The molecule has 0 spiro atoms. The largest absolute Gasteiger partial charge is 0.494 e. The molecule has 2 heterocycles. The molecule has 0 unspecified atom stereocenters. The zero-order valence-corrected chi connectivity index (χ0v) is 11.6. The molecule has 4 nitrogen and oxygen atoms in total. The van der Waals surface area contributed by atoms with Gasteiger partial charge < -0.3 is 9.64 Å². The van der Waals surface area contributed by atoms with Crippen molar-refractivity contribution in [2.24, 2.45) is 0 Å². The highest BCUT2D eigenvalue weighted by Crippen LogP contribution is 2.28. The molecule has 1 aromatic heterocycles. The maximum absolute atomic E-state index is 12.8. The standard InChI is InChI=1S/C16H18N2O2/c1-20-14-11-17-13-8-4-3-7-12(13)15(14)16(19)18-9-5-2-6-10-18/h3-4,7-8,11H,2,5-6,9-10H2,1H3. The molecule has 1 fully saturated rings. The molecule has 3 rings (SSSR count). The Bertz CT molecular complexity index is 633. The lowest BCUT2D eigenvalue weighted by molar-refractivity contribution is 0.0723. The van der Waals surface area contributed by atoms with E-state index in [4.69, 9.17) is 4.74 Å². The summed E-state index contributed by atoms with van der Waals surface area (Å²) in [5.41, 5.74) is 1.47. The first-order valence-corrected chi connectivity index (χ1v) is 7.02. The lowest BCUT2D eigenvalue weighted by Gasteiger charge is -2.27. The van der Waals surface area contributed by atoms with Crippen LogP contribution >= 0.6 is 0 Å². The number of likely N-dealkylation sites (tertiary alicyclic amines) is 1. The summed E-state index contributed by atoms with van der Waals surface area (Å²) in [6.07, 6.45) is 5.01. The van der Waals surface area contributed by atoms with E-state index in [2.05, 4.69) is 4.98 Å². The SMILES string of the molecule is COc1cnc2ccccc2c1C(=O)N1CCCCC1. The van der Waals surface area contributed by atoms with Crippen LogP contribution in [-0.2, 0) is 0 Å². The molecule has 20 heavy (non-hydrogen) atoms. The molecule has 1 amide bonds. The molecule has 0 N–H and O–H groups in total. The number of carbonyl (C=O) groups is 1. The van der Waals surface area contributed by atoms with E-state index in [0.29, 0.717) is 11.3 Å². The van der Waals surface area contributed by atoms with Crippen molar-refractivity contribution in [1.29, 1.82) is 0 Å². The second-order valence-corrected chi connectivity index (χ2v) is 5.07. The van der Waals surface area contributed by atoms with Crippen LogP contribution in [0, 0.1) is 0 Å².